The highest BCUT2D eigenvalue weighted by Gasteiger charge is 2.34. The van der Waals surface area contributed by atoms with Gasteiger partial charge in [-0.05, 0) is 30.4 Å². The Morgan fingerprint density at radius 3 is 2.48 bits per heavy atom. The maximum atomic E-state index is 12.7. The van der Waals surface area contributed by atoms with E-state index in [0.29, 0.717) is 26.0 Å². The Kier molecular flexibility index (Phi) is 7.44. The van der Waals surface area contributed by atoms with Crippen LogP contribution >= 0.6 is 0 Å². The van der Waals surface area contributed by atoms with Crippen LogP contribution in [0.5, 0.6) is 0 Å². The highest BCUT2D eigenvalue weighted by Crippen LogP contribution is 2.19. The molecule has 1 aromatic carbocycles. The van der Waals surface area contributed by atoms with Gasteiger partial charge in [0.25, 0.3) is 0 Å². The fourth-order valence-corrected chi connectivity index (χ4v) is 4.93. The minimum absolute atomic E-state index is 0.0274. The predicted molar refractivity (Wildman–Crippen MR) is 99.4 cm³/mol. The number of nitrogens with zero attached hydrogens (tertiary/aromatic N) is 1. The molecule has 0 N–H and O–H groups in total. The van der Waals surface area contributed by atoms with Gasteiger partial charge in [0.2, 0.25) is 5.91 Å². The average molecular weight is 368 g/mol. The lowest BCUT2D eigenvalue weighted by atomic mass is 10.0. The molecule has 0 bridgehead atoms. The number of hydrogen-bond acceptors (Lipinski definition) is 4. The van der Waals surface area contributed by atoms with E-state index < -0.39 is 9.84 Å². The first-order valence-corrected chi connectivity index (χ1v) is 10.8. The Morgan fingerprint density at radius 1 is 1.24 bits per heavy atom. The fourth-order valence-electron chi connectivity index (χ4n) is 3.20. The molecule has 1 atom stereocenters. The summed E-state index contributed by atoms with van der Waals surface area (Å²) in [6, 6.07) is 7.94. The van der Waals surface area contributed by atoms with Gasteiger partial charge in [0.05, 0.1) is 24.5 Å². The molecule has 1 heterocycles. The van der Waals surface area contributed by atoms with Crippen molar-refractivity contribution in [1.29, 1.82) is 0 Å². The van der Waals surface area contributed by atoms with Gasteiger partial charge in [0.1, 0.15) is 0 Å². The number of rotatable bonds is 9. The fraction of sp³-hybridized carbons (Fsp3) is 0.632. The normalized spacial score (nSPS) is 19.0. The van der Waals surface area contributed by atoms with Crippen molar-refractivity contribution in [2.45, 2.75) is 45.1 Å². The number of amides is 1. The van der Waals surface area contributed by atoms with Gasteiger partial charge in [0.15, 0.2) is 9.84 Å². The van der Waals surface area contributed by atoms with Crippen molar-refractivity contribution in [3.8, 4) is 0 Å². The van der Waals surface area contributed by atoms with Crippen molar-refractivity contribution in [2.75, 3.05) is 31.8 Å². The zero-order chi connectivity index (χ0) is 18.3. The summed E-state index contributed by atoms with van der Waals surface area (Å²) in [6.45, 7) is 3.02. The van der Waals surface area contributed by atoms with Crippen molar-refractivity contribution in [3.63, 3.8) is 0 Å². The molecule has 0 aromatic heterocycles. The smallest absolute Gasteiger partial charge is 0.227 e. The zero-order valence-electron chi connectivity index (χ0n) is 15.2. The Hall–Kier alpha value is -1.40. The van der Waals surface area contributed by atoms with Gasteiger partial charge in [-0.3, -0.25) is 4.79 Å². The Bertz CT molecular complexity index is 655. The first-order valence-electron chi connectivity index (χ1n) is 9.02. The largest absolute Gasteiger partial charge is 0.383 e. The van der Waals surface area contributed by atoms with E-state index in [0.717, 1.165) is 12.0 Å². The molecule has 0 radical (unpaired) electrons. The molecule has 0 spiro atoms. The number of sulfone groups is 1. The summed E-state index contributed by atoms with van der Waals surface area (Å²) in [4.78, 5) is 14.4. The number of unbranched alkanes of at least 4 members (excludes halogenated alkanes) is 1. The van der Waals surface area contributed by atoms with Gasteiger partial charge in [-0.25, -0.2) is 8.42 Å². The monoisotopic (exact) mass is 367 g/mol. The van der Waals surface area contributed by atoms with E-state index in [1.807, 2.05) is 12.1 Å². The summed E-state index contributed by atoms with van der Waals surface area (Å²) in [5, 5.41) is 0. The summed E-state index contributed by atoms with van der Waals surface area (Å²) in [5.41, 5.74) is 2.25. The molecule has 2 rings (SSSR count). The van der Waals surface area contributed by atoms with Crippen LogP contribution in [0, 0.1) is 0 Å². The number of aryl methyl sites for hydroxylation is 1. The Labute approximate surface area is 151 Å². The van der Waals surface area contributed by atoms with E-state index in [2.05, 4.69) is 19.1 Å². The van der Waals surface area contributed by atoms with Crippen molar-refractivity contribution < 1.29 is 17.9 Å². The van der Waals surface area contributed by atoms with E-state index in [9.17, 15) is 13.2 Å². The highest BCUT2D eigenvalue weighted by atomic mass is 32.2. The van der Waals surface area contributed by atoms with E-state index in [4.69, 9.17) is 4.74 Å². The number of carbonyl (C=O) groups is 1. The molecule has 1 saturated heterocycles. The summed E-state index contributed by atoms with van der Waals surface area (Å²) < 4.78 is 28.6. The third kappa shape index (κ3) is 6.12. The molecular weight excluding hydrogens is 338 g/mol. The van der Waals surface area contributed by atoms with Crippen LogP contribution in [0.1, 0.15) is 37.3 Å². The lowest BCUT2D eigenvalue weighted by molar-refractivity contribution is -0.133. The van der Waals surface area contributed by atoms with Crippen LogP contribution in [0.4, 0.5) is 0 Å². The van der Waals surface area contributed by atoms with Crippen molar-refractivity contribution >= 4 is 15.7 Å². The number of hydrogen-bond donors (Lipinski definition) is 0. The standard InChI is InChI=1S/C19H29NO4S/c1-3-4-5-16-6-8-17(9-7-16)14-19(21)20(11-12-24-2)18-10-13-25(22,23)15-18/h6-9,18H,3-5,10-15H2,1-2H3. The molecule has 0 aliphatic carbocycles. The van der Waals surface area contributed by atoms with Crippen molar-refractivity contribution in [1.82, 2.24) is 4.90 Å². The molecule has 1 aromatic rings. The molecular formula is C19H29NO4S. The van der Waals surface area contributed by atoms with Gasteiger partial charge in [-0.15, -0.1) is 0 Å². The van der Waals surface area contributed by atoms with Crippen LogP contribution in [0.2, 0.25) is 0 Å². The summed E-state index contributed by atoms with van der Waals surface area (Å²) in [5.74, 6) is 0.208. The van der Waals surface area contributed by atoms with E-state index in [-0.39, 0.29) is 23.5 Å². The number of methoxy groups -OCH3 is 1. The number of ether oxygens (including phenoxy) is 1. The van der Waals surface area contributed by atoms with Gasteiger partial charge in [-0.1, -0.05) is 37.6 Å². The highest BCUT2D eigenvalue weighted by molar-refractivity contribution is 7.91. The summed E-state index contributed by atoms with van der Waals surface area (Å²) in [7, 11) is -1.43. The average Bonchev–Trinajstić information content (AvgIpc) is 2.94. The molecule has 0 saturated carbocycles. The Morgan fingerprint density at radius 2 is 1.92 bits per heavy atom. The minimum Gasteiger partial charge on any atom is -0.383 e. The van der Waals surface area contributed by atoms with Crippen molar-refractivity contribution in [3.05, 3.63) is 35.4 Å². The molecule has 1 aliphatic rings. The lowest BCUT2D eigenvalue weighted by Crippen LogP contribution is -2.43. The lowest BCUT2D eigenvalue weighted by Gasteiger charge is -2.28. The molecule has 5 nitrogen and oxygen atoms in total. The molecule has 140 valence electrons. The number of benzene rings is 1. The molecule has 1 amide bonds. The quantitative estimate of drug-likeness (QED) is 0.671. The molecule has 1 fully saturated rings. The van der Waals surface area contributed by atoms with Gasteiger partial charge >= 0.3 is 0 Å². The maximum Gasteiger partial charge on any atom is 0.227 e. The van der Waals surface area contributed by atoms with E-state index >= 15 is 0 Å². The topological polar surface area (TPSA) is 63.7 Å². The second-order valence-corrected chi connectivity index (χ2v) is 8.96. The zero-order valence-corrected chi connectivity index (χ0v) is 16.1. The van der Waals surface area contributed by atoms with E-state index in [1.54, 1.807) is 12.0 Å². The first-order chi connectivity index (χ1) is 11.9. The van der Waals surface area contributed by atoms with E-state index in [1.165, 1.54) is 18.4 Å². The summed E-state index contributed by atoms with van der Waals surface area (Å²) >= 11 is 0. The predicted octanol–water partition coefficient (Wildman–Crippen LogP) is 2.23. The third-order valence-electron chi connectivity index (χ3n) is 4.70. The van der Waals surface area contributed by atoms with Gasteiger partial charge < -0.3 is 9.64 Å². The molecule has 6 heteroatoms. The van der Waals surface area contributed by atoms with Crippen LogP contribution < -0.4 is 0 Å². The van der Waals surface area contributed by atoms with Gasteiger partial charge in [-0.2, -0.15) is 0 Å². The maximum absolute atomic E-state index is 12.7. The second-order valence-electron chi connectivity index (χ2n) is 6.73. The van der Waals surface area contributed by atoms with Crippen LogP contribution in [0.3, 0.4) is 0 Å². The molecule has 1 aliphatic heterocycles. The minimum atomic E-state index is -3.02. The van der Waals surface area contributed by atoms with Crippen LogP contribution in [0.15, 0.2) is 24.3 Å². The Balaban J connectivity index is 2.01. The van der Waals surface area contributed by atoms with Gasteiger partial charge in [0, 0.05) is 19.7 Å². The second kappa shape index (κ2) is 9.34. The van der Waals surface area contributed by atoms with Crippen molar-refractivity contribution in [2.24, 2.45) is 0 Å². The number of carbonyl (C=O) groups excluding carboxylic acids is 1. The first kappa shape index (κ1) is 19.9. The van der Waals surface area contributed by atoms with Crippen LogP contribution in [0.25, 0.3) is 0 Å². The molecule has 25 heavy (non-hydrogen) atoms. The summed E-state index contributed by atoms with van der Waals surface area (Å²) in [6.07, 6.45) is 4.21. The molecule has 1 unspecified atom stereocenters. The van der Waals surface area contributed by atoms with Crippen LogP contribution in [-0.2, 0) is 32.2 Å². The third-order valence-corrected chi connectivity index (χ3v) is 6.45. The SMILES string of the molecule is CCCCc1ccc(CC(=O)N(CCOC)C2CCS(=O)(=O)C2)cc1. The van der Waals surface area contributed by atoms with Crippen LogP contribution in [-0.4, -0.2) is 57.0 Å².